The van der Waals surface area contributed by atoms with Crippen molar-refractivity contribution < 1.29 is 5.11 Å². The summed E-state index contributed by atoms with van der Waals surface area (Å²) in [6.07, 6.45) is 9.72. The van der Waals surface area contributed by atoms with Gasteiger partial charge in [0, 0.05) is 54.7 Å². The quantitative estimate of drug-likeness (QED) is 0.262. The fourth-order valence-electron chi connectivity index (χ4n) is 3.30. The lowest BCUT2D eigenvalue weighted by molar-refractivity contribution is 0.283. The molecule has 0 fully saturated rings. The molecule has 0 saturated heterocycles. The number of rotatable bonds is 14. The molecular formula is C23H31ClN6O. The summed E-state index contributed by atoms with van der Waals surface area (Å²) in [5.74, 6) is 1.49. The van der Waals surface area contributed by atoms with Gasteiger partial charge in [-0.1, -0.05) is 24.4 Å². The monoisotopic (exact) mass is 442 g/mol. The number of nitrogens with zero attached hydrogens (tertiary/aromatic N) is 3. The minimum Gasteiger partial charge on any atom is -0.396 e. The van der Waals surface area contributed by atoms with Gasteiger partial charge in [0.05, 0.1) is 5.52 Å². The Hall–Kier alpha value is -2.64. The largest absolute Gasteiger partial charge is 0.396 e. The van der Waals surface area contributed by atoms with Crippen molar-refractivity contribution in [1.29, 1.82) is 0 Å². The molecule has 3 rings (SSSR count). The molecule has 1 aromatic carbocycles. The highest BCUT2D eigenvalue weighted by molar-refractivity contribution is 6.31. The summed E-state index contributed by atoms with van der Waals surface area (Å²) in [6, 6.07) is 9.66. The fraction of sp³-hybridized carbons (Fsp3) is 0.435. The van der Waals surface area contributed by atoms with E-state index in [1.807, 2.05) is 30.3 Å². The molecule has 4 N–H and O–H groups in total. The molecule has 0 aliphatic rings. The summed E-state index contributed by atoms with van der Waals surface area (Å²) in [5.41, 5.74) is 1.98. The van der Waals surface area contributed by atoms with Crippen LogP contribution < -0.4 is 16.0 Å². The Bertz CT molecular complexity index is 939. The molecule has 0 atom stereocenters. The van der Waals surface area contributed by atoms with E-state index in [-0.39, 0.29) is 6.61 Å². The van der Waals surface area contributed by atoms with Gasteiger partial charge in [0.25, 0.3) is 0 Å². The van der Waals surface area contributed by atoms with Crippen LogP contribution in [0.3, 0.4) is 0 Å². The molecule has 0 radical (unpaired) electrons. The zero-order chi connectivity index (χ0) is 21.7. The summed E-state index contributed by atoms with van der Waals surface area (Å²) < 4.78 is 0. The Balaban J connectivity index is 1.33. The Morgan fingerprint density at radius 1 is 0.774 bits per heavy atom. The normalized spacial score (nSPS) is 10.9. The van der Waals surface area contributed by atoms with Crippen LogP contribution in [0.2, 0.25) is 5.02 Å². The van der Waals surface area contributed by atoms with Crippen LogP contribution in [0, 0.1) is 0 Å². The van der Waals surface area contributed by atoms with E-state index in [9.17, 15) is 0 Å². The molecule has 0 aliphatic carbocycles. The number of halogens is 1. The van der Waals surface area contributed by atoms with E-state index in [1.54, 1.807) is 12.4 Å². The Labute approximate surface area is 188 Å². The van der Waals surface area contributed by atoms with E-state index < -0.39 is 0 Å². The first-order valence-electron chi connectivity index (χ1n) is 11.0. The number of fused-ring (bicyclic) bond motifs is 1. The summed E-state index contributed by atoms with van der Waals surface area (Å²) in [4.78, 5) is 13.2. The summed E-state index contributed by atoms with van der Waals surface area (Å²) in [7, 11) is 0. The second kappa shape index (κ2) is 12.9. The zero-order valence-corrected chi connectivity index (χ0v) is 18.5. The van der Waals surface area contributed by atoms with Crippen molar-refractivity contribution in [3.63, 3.8) is 0 Å². The van der Waals surface area contributed by atoms with Gasteiger partial charge in [0.2, 0.25) is 5.95 Å². The molecule has 0 unspecified atom stereocenters. The average Bonchev–Trinajstić information content (AvgIpc) is 2.78. The number of aliphatic hydroxyl groups is 1. The highest BCUT2D eigenvalue weighted by Gasteiger charge is 2.03. The van der Waals surface area contributed by atoms with Crippen molar-refractivity contribution in [3.8, 4) is 0 Å². The third-order valence-corrected chi connectivity index (χ3v) is 5.19. The molecule has 8 heteroatoms. The van der Waals surface area contributed by atoms with E-state index in [1.165, 1.54) is 0 Å². The number of aliphatic hydroxyl groups excluding tert-OH is 1. The number of unbranched alkanes of at least 4 members (excludes halogenated alkanes) is 4. The highest BCUT2D eigenvalue weighted by atomic mass is 35.5. The number of hydrogen-bond donors (Lipinski definition) is 4. The maximum absolute atomic E-state index is 8.80. The Kier molecular flexibility index (Phi) is 9.60. The molecule has 3 aromatic rings. The van der Waals surface area contributed by atoms with Crippen molar-refractivity contribution >= 4 is 40.0 Å². The van der Waals surface area contributed by atoms with Gasteiger partial charge in [0.1, 0.15) is 5.82 Å². The summed E-state index contributed by atoms with van der Waals surface area (Å²) in [5, 5.41) is 20.7. The molecule has 31 heavy (non-hydrogen) atoms. The molecular weight excluding hydrogens is 412 g/mol. The number of hydrogen-bond acceptors (Lipinski definition) is 7. The van der Waals surface area contributed by atoms with Crippen LogP contribution in [0.15, 0.2) is 42.7 Å². The first kappa shape index (κ1) is 23.0. The Morgan fingerprint density at radius 3 is 2.39 bits per heavy atom. The van der Waals surface area contributed by atoms with Crippen molar-refractivity contribution in [3.05, 3.63) is 47.7 Å². The molecule has 0 amide bonds. The van der Waals surface area contributed by atoms with Gasteiger partial charge in [-0.15, -0.1) is 0 Å². The van der Waals surface area contributed by atoms with Gasteiger partial charge in [-0.25, -0.2) is 4.98 Å². The maximum Gasteiger partial charge on any atom is 0.224 e. The van der Waals surface area contributed by atoms with Gasteiger partial charge < -0.3 is 21.1 Å². The molecule has 7 nitrogen and oxygen atoms in total. The van der Waals surface area contributed by atoms with E-state index in [0.717, 1.165) is 80.6 Å². The molecule has 0 aliphatic heterocycles. The lowest BCUT2D eigenvalue weighted by Crippen LogP contribution is -2.10. The smallest absolute Gasteiger partial charge is 0.224 e. The van der Waals surface area contributed by atoms with Crippen LogP contribution in [0.25, 0.3) is 10.9 Å². The SMILES string of the molecule is OCCCCCCNc1nccc(NCCCCNc2ccnc3cc(Cl)ccc23)n1. The number of nitrogens with one attached hydrogen (secondary N) is 3. The Morgan fingerprint density at radius 2 is 1.52 bits per heavy atom. The van der Waals surface area contributed by atoms with Crippen molar-refractivity contribution in [2.75, 3.05) is 42.2 Å². The molecule has 0 bridgehead atoms. The number of aromatic nitrogens is 3. The predicted octanol–water partition coefficient (Wildman–Crippen LogP) is 4.95. The molecule has 2 heterocycles. The maximum atomic E-state index is 8.80. The summed E-state index contributed by atoms with van der Waals surface area (Å²) >= 11 is 6.05. The third-order valence-electron chi connectivity index (χ3n) is 4.95. The molecule has 2 aromatic heterocycles. The van der Waals surface area contributed by atoms with Crippen LogP contribution in [0.4, 0.5) is 17.5 Å². The molecule has 166 valence electrons. The number of pyridine rings is 1. The minimum absolute atomic E-state index is 0.274. The minimum atomic E-state index is 0.274. The van der Waals surface area contributed by atoms with E-state index in [4.69, 9.17) is 16.7 Å². The van der Waals surface area contributed by atoms with E-state index >= 15 is 0 Å². The highest BCUT2D eigenvalue weighted by Crippen LogP contribution is 2.24. The standard InChI is InChI=1S/C23H31ClN6O/c24-18-7-8-19-20(9-14-26-21(19)17-18)25-11-4-5-12-27-22-10-15-29-23(30-22)28-13-3-1-2-6-16-31/h7-10,14-15,17,31H,1-6,11-13,16H2,(H,25,26)(H2,27,28,29,30). The topological polar surface area (TPSA) is 95.0 Å². The number of benzene rings is 1. The lowest BCUT2D eigenvalue weighted by atomic mass is 10.2. The van der Waals surface area contributed by atoms with Gasteiger partial charge in [-0.3, -0.25) is 4.98 Å². The van der Waals surface area contributed by atoms with Crippen molar-refractivity contribution in [1.82, 2.24) is 15.0 Å². The second-order valence-corrected chi connectivity index (χ2v) is 7.85. The van der Waals surface area contributed by atoms with E-state index in [2.05, 4.69) is 30.9 Å². The van der Waals surface area contributed by atoms with Gasteiger partial charge in [-0.05, 0) is 56.0 Å². The van der Waals surface area contributed by atoms with Crippen LogP contribution in [-0.2, 0) is 0 Å². The predicted molar refractivity (Wildman–Crippen MR) is 129 cm³/mol. The zero-order valence-electron chi connectivity index (χ0n) is 17.8. The van der Waals surface area contributed by atoms with Crippen LogP contribution in [-0.4, -0.2) is 46.3 Å². The average molecular weight is 443 g/mol. The first-order chi connectivity index (χ1) is 15.3. The summed E-state index contributed by atoms with van der Waals surface area (Å²) in [6.45, 7) is 2.86. The van der Waals surface area contributed by atoms with Gasteiger partial charge in [0.15, 0.2) is 0 Å². The first-order valence-corrected chi connectivity index (χ1v) is 11.3. The van der Waals surface area contributed by atoms with Crippen molar-refractivity contribution in [2.24, 2.45) is 0 Å². The van der Waals surface area contributed by atoms with Crippen molar-refractivity contribution in [2.45, 2.75) is 38.5 Å². The van der Waals surface area contributed by atoms with Crippen LogP contribution in [0.5, 0.6) is 0 Å². The second-order valence-electron chi connectivity index (χ2n) is 7.41. The molecule has 0 saturated carbocycles. The lowest BCUT2D eigenvalue weighted by Gasteiger charge is -2.10. The van der Waals surface area contributed by atoms with Crippen LogP contribution in [0.1, 0.15) is 38.5 Å². The van der Waals surface area contributed by atoms with Gasteiger partial charge >= 0.3 is 0 Å². The fourth-order valence-corrected chi connectivity index (χ4v) is 3.46. The number of anilines is 3. The van der Waals surface area contributed by atoms with E-state index in [0.29, 0.717) is 11.0 Å². The van der Waals surface area contributed by atoms with Gasteiger partial charge in [-0.2, -0.15) is 4.98 Å². The van der Waals surface area contributed by atoms with Crippen LogP contribution >= 0.6 is 11.6 Å². The molecule has 0 spiro atoms. The third kappa shape index (κ3) is 7.84.